The van der Waals surface area contributed by atoms with Crippen molar-refractivity contribution in [1.82, 2.24) is 14.5 Å². The van der Waals surface area contributed by atoms with Crippen LogP contribution in [0.5, 0.6) is 0 Å². The molecule has 2 fully saturated rings. The zero-order valence-electron chi connectivity index (χ0n) is 15.1. The SMILES string of the molecule is CSN(Cc1ccccc1)CC(C1CCCCC1)N1CCNCC1. The maximum absolute atomic E-state index is 3.52. The predicted molar refractivity (Wildman–Crippen MR) is 105 cm³/mol. The quantitative estimate of drug-likeness (QED) is 0.759. The molecule has 0 bridgehead atoms. The van der Waals surface area contributed by atoms with Gasteiger partial charge in [0.25, 0.3) is 0 Å². The van der Waals surface area contributed by atoms with Crippen molar-refractivity contribution < 1.29 is 0 Å². The van der Waals surface area contributed by atoms with Crippen LogP contribution in [0.25, 0.3) is 0 Å². The van der Waals surface area contributed by atoms with Crippen molar-refractivity contribution in [1.29, 1.82) is 0 Å². The molecule has 2 aliphatic rings. The molecule has 1 unspecified atom stereocenters. The van der Waals surface area contributed by atoms with Crippen molar-refractivity contribution in [3.8, 4) is 0 Å². The Hall–Kier alpha value is -0.550. The fraction of sp³-hybridized carbons (Fsp3) is 0.700. The van der Waals surface area contributed by atoms with Crippen LogP contribution in [-0.4, -0.2) is 54.2 Å². The monoisotopic (exact) mass is 347 g/mol. The summed E-state index contributed by atoms with van der Waals surface area (Å²) in [4.78, 5) is 2.78. The molecule has 1 aliphatic heterocycles. The summed E-state index contributed by atoms with van der Waals surface area (Å²) in [5.41, 5.74) is 1.43. The summed E-state index contributed by atoms with van der Waals surface area (Å²) in [6, 6.07) is 11.7. The second-order valence-electron chi connectivity index (χ2n) is 7.24. The fourth-order valence-corrected chi connectivity index (χ4v) is 4.87. The Bertz CT molecular complexity index is 437. The average molecular weight is 348 g/mol. The Balaban J connectivity index is 1.66. The van der Waals surface area contributed by atoms with E-state index < -0.39 is 0 Å². The molecule has 1 aromatic carbocycles. The predicted octanol–water partition coefficient (Wildman–Crippen LogP) is 3.62. The molecule has 24 heavy (non-hydrogen) atoms. The van der Waals surface area contributed by atoms with Gasteiger partial charge in [0.05, 0.1) is 0 Å². The van der Waals surface area contributed by atoms with E-state index in [1.54, 1.807) is 0 Å². The van der Waals surface area contributed by atoms with Gasteiger partial charge in [-0.15, -0.1) is 0 Å². The first-order chi connectivity index (χ1) is 11.9. The van der Waals surface area contributed by atoms with E-state index >= 15 is 0 Å². The molecule has 3 rings (SSSR count). The Morgan fingerprint density at radius 1 is 1.12 bits per heavy atom. The van der Waals surface area contributed by atoms with Crippen molar-refractivity contribution in [2.45, 2.75) is 44.7 Å². The minimum atomic E-state index is 0.726. The van der Waals surface area contributed by atoms with Crippen LogP contribution in [0.2, 0.25) is 0 Å². The van der Waals surface area contributed by atoms with E-state index in [1.807, 2.05) is 11.9 Å². The van der Waals surface area contributed by atoms with E-state index in [4.69, 9.17) is 0 Å². The molecule has 1 saturated carbocycles. The highest BCUT2D eigenvalue weighted by Crippen LogP contribution is 2.31. The van der Waals surface area contributed by atoms with Crippen LogP contribution < -0.4 is 5.32 Å². The van der Waals surface area contributed by atoms with Gasteiger partial charge in [-0.25, -0.2) is 4.31 Å². The van der Waals surface area contributed by atoms with Gasteiger partial charge in [0.15, 0.2) is 0 Å². The summed E-state index contributed by atoms with van der Waals surface area (Å²) >= 11 is 1.91. The van der Waals surface area contributed by atoms with Gasteiger partial charge in [-0.2, -0.15) is 0 Å². The molecule has 4 heteroatoms. The second kappa shape index (κ2) is 9.81. The Morgan fingerprint density at radius 2 is 1.83 bits per heavy atom. The number of hydrogen-bond donors (Lipinski definition) is 1. The Kier molecular flexibility index (Phi) is 7.46. The second-order valence-corrected chi connectivity index (χ2v) is 8.12. The lowest BCUT2D eigenvalue weighted by Crippen LogP contribution is -2.54. The van der Waals surface area contributed by atoms with Gasteiger partial charge in [-0.05, 0) is 30.6 Å². The maximum Gasteiger partial charge on any atom is 0.0341 e. The number of piperazine rings is 1. The molecule has 1 aliphatic carbocycles. The van der Waals surface area contributed by atoms with Crippen LogP contribution in [0.3, 0.4) is 0 Å². The average Bonchev–Trinajstić information content (AvgIpc) is 2.67. The van der Waals surface area contributed by atoms with Gasteiger partial charge < -0.3 is 5.32 Å². The summed E-state index contributed by atoms with van der Waals surface area (Å²) < 4.78 is 2.58. The molecule has 0 radical (unpaired) electrons. The number of nitrogens with one attached hydrogen (secondary N) is 1. The fourth-order valence-electron chi connectivity index (χ4n) is 4.29. The van der Waals surface area contributed by atoms with Crippen LogP contribution in [0.4, 0.5) is 0 Å². The summed E-state index contributed by atoms with van der Waals surface area (Å²) in [5, 5.41) is 3.52. The highest BCUT2D eigenvalue weighted by molar-refractivity contribution is 7.96. The van der Waals surface area contributed by atoms with Crippen molar-refractivity contribution in [3.05, 3.63) is 35.9 Å². The van der Waals surface area contributed by atoms with Crippen molar-refractivity contribution >= 4 is 11.9 Å². The molecular formula is C20H33N3S. The Morgan fingerprint density at radius 3 is 2.50 bits per heavy atom. The summed E-state index contributed by atoms with van der Waals surface area (Å²) in [6.45, 7) is 6.99. The molecular weight excluding hydrogens is 314 g/mol. The lowest BCUT2D eigenvalue weighted by atomic mass is 9.83. The molecule has 134 valence electrons. The minimum absolute atomic E-state index is 0.726. The van der Waals surface area contributed by atoms with E-state index in [9.17, 15) is 0 Å². The van der Waals surface area contributed by atoms with Gasteiger partial charge in [0, 0.05) is 45.3 Å². The maximum atomic E-state index is 3.52. The van der Waals surface area contributed by atoms with Crippen molar-refractivity contribution in [3.63, 3.8) is 0 Å². The summed E-state index contributed by atoms with van der Waals surface area (Å²) in [6.07, 6.45) is 9.42. The highest BCUT2D eigenvalue weighted by Gasteiger charge is 2.31. The minimum Gasteiger partial charge on any atom is -0.314 e. The normalized spacial score (nSPS) is 21.9. The summed E-state index contributed by atoms with van der Waals surface area (Å²) in [5.74, 6) is 0.891. The largest absolute Gasteiger partial charge is 0.314 e. The van der Waals surface area contributed by atoms with Gasteiger partial charge in [0.2, 0.25) is 0 Å². The van der Waals surface area contributed by atoms with Gasteiger partial charge in [-0.3, -0.25) is 4.90 Å². The lowest BCUT2D eigenvalue weighted by Gasteiger charge is -2.42. The van der Waals surface area contributed by atoms with Crippen LogP contribution >= 0.6 is 11.9 Å². The van der Waals surface area contributed by atoms with Gasteiger partial charge in [-0.1, -0.05) is 61.5 Å². The first-order valence-corrected chi connectivity index (χ1v) is 10.8. The van der Waals surface area contributed by atoms with Gasteiger partial charge >= 0.3 is 0 Å². The molecule has 0 spiro atoms. The zero-order valence-corrected chi connectivity index (χ0v) is 15.9. The molecule has 1 heterocycles. The molecule has 3 nitrogen and oxygen atoms in total. The van der Waals surface area contributed by atoms with Gasteiger partial charge in [0.1, 0.15) is 0 Å². The van der Waals surface area contributed by atoms with E-state index in [1.165, 1.54) is 57.3 Å². The molecule has 1 N–H and O–H groups in total. The van der Waals surface area contributed by atoms with E-state index in [0.717, 1.165) is 31.6 Å². The molecule has 1 atom stereocenters. The van der Waals surface area contributed by atoms with E-state index in [-0.39, 0.29) is 0 Å². The highest BCUT2D eigenvalue weighted by atomic mass is 32.2. The number of hydrogen-bond acceptors (Lipinski definition) is 4. The zero-order chi connectivity index (χ0) is 16.6. The third kappa shape index (κ3) is 5.22. The molecule has 1 saturated heterocycles. The number of nitrogens with zero attached hydrogens (tertiary/aromatic N) is 2. The van der Waals surface area contributed by atoms with E-state index in [2.05, 4.69) is 51.1 Å². The third-order valence-corrected chi connectivity index (χ3v) is 6.46. The summed E-state index contributed by atoms with van der Waals surface area (Å²) in [7, 11) is 0. The van der Waals surface area contributed by atoms with Crippen LogP contribution in [0.1, 0.15) is 37.7 Å². The van der Waals surface area contributed by atoms with Crippen LogP contribution in [0, 0.1) is 5.92 Å². The smallest absolute Gasteiger partial charge is 0.0341 e. The first kappa shape index (κ1) is 18.2. The number of rotatable bonds is 7. The molecule has 0 amide bonds. The number of benzene rings is 1. The standard InChI is InChI=1S/C20H33N3S/c1-24-23(16-18-8-4-2-5-9-18)17-20(19-10-6-3-7-11-19)22-14-12-21-13-15-22/h2,4-5,8-9,19-21H,3,6-7,10-17H2,1H3. The molecule has 1 aromatic rings. The third-order valence-electron chi connectivity index (χ3n) is 5.67. The topological polar surface area (TPSA) is 18.5 Å². The van der Waals surface area contributed by atoms with Crippen LogP contribution in [-0.2, 0) is 6.54 Å². The first-order valence-electron chi connectivity index (χ1n) is 9.64. The van der Waals surface area contributed by atoms with Crippen LogP contribution in [0.15, 0.2) is 30.3 Å². The molecule has 0 aromatic heterocycles. The Labute approximate surface area is 152 Å². The van der Waals surface area contributed by atoms with Crippen molar-refractivity contribution in [2.75, 3.05) is 39.0 Å². The van der Waals surface area contributed by atoms with E-state index in [0.29, 0.717) is 0 Å². The lowest BCUT2D eigenvalue weighted by molar-refractivity contribution is 0.0886. The van der Waals surface area contributed by atoms with Crippen molar-refractivity contribution in [2.24, 2.45) is 5.92 Å².